The van der Waals surface area contributed by atoms with Crippen molar-refractivity contribution in [2.24, 2.45) is 0 Å². The molecular weight excluding hydrogens is 292 g/mol. The average molecular weight is 310 g/mol. The van der Waals surface area contributed by atoms with Gasteiger partial charge in [-0.05, 0) is 30.8 Å². The predicted molar refractivity (Wildman–Crippen MR) is 81.0 cm³/mol. The van der Waals surface area contributed by atoms with E-state index in [1.54, 1.807) is 11.3 Å². The molecule has 2 aromatic rings. The van der Waals surface area contributed by atoms with E-state index in [9.17, 15) is 4.79 Å². The highest BCUT2D eigenvalue weighted by Gasteiger charge is 2.13. The van der Waals surface area contributed by atoms with Gasteiger partial charge >= 0.3 is 0 Å². The summed E-state index contributed by atoms with van der Waals surface area (Å²) >= 11 is 2.96. The number of carbonyl (C=O) groups is 1. The lowest BCUT2D eigenvalue weighted by atomic mass is 10.1. The fraction of sp³-hybridized carbons (Fsp3) is 0.538. The van der Waals surface area contributed by atoms with Crippen molar-refractivity contribution in [2.75, 3.05) is 0 Å². The van der Waals surface area contributed by atoms with Crippen molar-refractivity contribution >= 4 is 28.8 Å². The molecule has 0 saturated heterocycles. The number of thiazole rings is 1. The third-order valence-electron chi connectivity index (χ3n) is 3.00. The Morgan fingerprint density at radius 3 is 2.85 bits per heavy atom. The van der Waals surface area contributed by atoms with Crippen molar-refractivity contribution in [1.82, 2.24) is 19.9 Å². The van der Waals surface area contributed by atoms with Gasteiger partial charge in [0.05, 0.1) is 28.3 Å². The summed E-state index contributed by atoms with van der Waals surface area (Å²) in [6, 6.07) is 0. The van der Waals surface area contributed by atoms with Gasteiger partial charge in [0.25, 0.3) is 0 Å². The summed E-state index contributed by atoms with van der Waals surface area (Å²) < 4.78 is 3.95. The van der Waals surface area contributed by atoms with Crippen molar-refractivity contribution in [3.05, 3.63) is 26.7 Å². The van der Waals surface area contributed by atoms with Gasteiger partial charge < -0.3 is 5.32 Å². The Morgan fingerprint density at radius 1 is 1.40 bits per heavy atom. The van der Waals surface area contributed by atoms with E-state index in [1.165, 1.54) is 16.4 Å². The van der Waals surface area contributed by atoms with Gasteiger partial charge in [0.1, 0.15) is 0 Å². The highest BCUT2D eigenvalue weighted by Crippen LogP contribution is 2.19. The molecular formula is C13H18N4OS2. The van der Waals surface area contributed by atoms with Gasteiger partial charge in [-0.3, -0.25) is 4.79 Å². The lowest BCUT2D eigenvalue weighted by Gasteiger charge is -2.06. The molecule has 0 aromatic carbocycles. The third-order valence-corrected chi connectivity index (χ3v) is 4.73. The summed E-state index contributed by atoms with van der Waals surface area (Å²) in [5, 5.41) is 7.04. The van der Waals surface area contributed by atoms with Crippen molar-refractivity contribution in [3.63, 3.8) is 0 Å². The van der Waals surface area contributed by atoms with Crippen LogP contribution in [0.3, 0.4) is 0 Å². The number of nitrogens with one attached hydrogen (secondary N) is 1. The van der Waals surface area contributed by atoms with Crippen LogP contribution in [-0.4, -0.2) is 20.5 Å². The minimum Gasteiger partial charge on any atom is -0.351 e. The zero-order valence-corrected chi connectivity index (χ0v) is 13.5. The van der Waals surface area contributed by atoms with Gasteiger partial charge in [-0.15, -0.1) is 16.4 Å². The second-order valence-electron chi connectivity index (χ2n) is 4.87. The van der Waals surface area contributed by atoms with E-state index in [-0.39, 0.29) is 5.91 Å². The third kappa shape index (κ3) is 3.83. The number of hydrogen-bond acceptors (Lipinski definition) is 6. The molecule has 20 heavy (non-hydrogen) atoms. The second kappa shape index (κ2) is 6.90. The fourth-order valence-electron chi connectivity index (χ4n) is 1.84. The van der Waals surface area contributed by atoms with Crippen LogP contribution in [0.2, 0.25) is 0 Å². The first-order valence-electron chi connectivity index (χ1n) is 6.54. The largest absolute Gasteiger partial charge is 0.351 e. The molecule has 0 fully saturated rings. The molecule has 7 heteroatoms. The number of rotatable bonds is 6. The first-order chi connectivity index (χ1) is 9.58. The zero-order valence-electron chi connectivity index (χ0n) is 11.8. The topological polar surface area (TPSA) is 67.8 Å². The van der Waals surface area contributed by atoms with Crippen molar-refractivity contribution < 1.29 is 4.79 Å². The molecule has 0 bridgehead atoms. The first kappa shape index (κ1) is 15.1. The van der Waals surface area contributed by atoms with Gasteiger partial charge in [0.2, 0.25) is 5.91 Å². The number of hydrogen-bond donors (Lipinski definition) is 1. The molecule has 2 aromatic heterocycles. The standard InChI is InChI=1S/C13H18N4OS2/c1-8(2)13-11(20-17-16-13)6-14-12(18)5-4-10-9(3)15-7-19-10/h7-8H,4-6H2,1-3H3,(H,14,18). The predicted octanol–water partition coefficient (Wildman–Crippen LogP) is 2.68. The highest BCUT2D eigenvalue weighted by molar-refractivity contribution is 7.09. The van der Waals surface area contributed by atoms with Crippen LogP contribution in [0.25, 0.3) is 0 Å². The summed E-state index contributed by atoms with van der Waals surface area (Å²) in [4.78, 5) is 18.3. The van der Waals surface area contributed by atoms with E-state index < -0.39 is 0 Å². The molecule has 0 atom stereocenters. The quantitative estimate of drug-likeness (QED) is 0.890. The van der Waals surface area contributed by atoms with Crippen LogP contribution >= 0.6 is 22.9 Å². The fourth-order valence-corrected chi connectivity index (χ4v) is 3.35. The molecule has 2 rings (SSSR count). The molecule has 0 radical (unpaired) electrons. The van der Waals surface area contributed by atoms with E-state index in [0.717, 1.165) is 22.7 Å². The molecule has 108 valence electrons. The van der Waals surface area contributed by atoms with Crippen molar-refractivity contribution in [1.29, 1.82) is 0 Å². The molecule has 0 saturated carbocycles. The van der Waals surface area contributed by atoms with Gasteiger partial charge in [0.15, 0.2) is 0 Å². The van der Waals surface area contributed by atoms with Gasteiger partial charge in [0, 0.05) is 11.3 Å². The molecule has 0 unspecified atom stereocenters. The van der Waals surface area contributed by atoms with Crippen LogP contribution in [0, 0.1) is 6.92 Å². The minimum absolute atomic E-state index is 0.0564. The Labute approximate surface area is 126 Å². The SMILES string of the molecule is Cc1ncsc1CCC(=O)NCc1snnc1C(C)C. The smallest absolute Gasteiger partial charge is 0.220 e. The highest BCUT2D eigenvalue weighted by atomic mass is 32.1. The molecule has 0 aliphatic rings. The zero-order chi connectivity index (χ0) is 14.5. The Morgan fingerprint density at radius 2 is 2.20 bits per heavy atom. The second-order valence-corrected chi connectivity index (χ2v) is 6.65. The number of aryl methyl sites for hydroxylation is 2. The normalized spacial score (nSPS) is 11.0. The molecule has 5 nitrogen and oxygen atoms in total. The number of aromatic nitrogens is 3. The van der Waals surface area contributed by atoms with Crippen LogP contribution in [-0.2, 0) is 17.8 Å². The molecule has 0 aliphatic carbocycles. The summed E-state index contributed by atoms with van der Waals surface area (Å²) in [5.41, 5.74) is 3.82. The van der Waals surface area contributed by atoms with E-state index in [2.05, 4.69) is 33.7 Å². The molecule has 0 spiro atoms. The van der Waals surface area contributed by atoms with Crippen molar-refractivity contribution in [3.8, 4) is 0 Å². The van der Waals surface area contributed by atoms with E-state index >= 15 is 0 Å². The summed E-state index contributed by atoms with van der Waals surface area (Å²) in [5.74, 6) is 0.390. The van der Waals surface area contributed by atoms with E-state index in [0.29, 0.717) is 18.9 Å². The van der Waals surface area contributed by atoms with Crippen LogP contribution < -0.4 is 5.32 Å². The Hall–Kier alpha value is -1.34. The van der Waals surface area contributed by atoms with Crippen LogP contribution in [0.4, 0.5) is 0 Å². The summed E-state index contributed by atoms with van der Waals surface area (Å²) in [6.45, 7) is 6.65. The van der Waals surface area contributed by atoms with Gasteiger partial charge in [-0.25, -0.2) is 4.98 Å². The van der Waals surface area contributed by atoms with Crippen LogP contribution in [0.1, 0.15) is 47.3 Å². The lowest BCUT2D eigenvalue weighted by Crippen LogP contribution is -2.23. The monoisotopic (exact) mass is 310 g/mol. The van der Waals surface area contributed by atoms with Gasteiger partial charge in [-0.2, -0.15) is 0 Å². The maximum atomic E-state index is 11.9. The summed E-state index contributed by atoms with van der Waals surface area (Å²) in [6.07, 6.45) is 1.24. The number of nitrogens with zero attached hydrogens (tertiary/aromatic N) is 3. The van der Waals surface area contributed by atoms with Crippen LogP contribution in [0.15, 0.2) is 5.51 Å². The lowest BCUT2D eigenvalue weighted by molar-refractivity contribution is -0.121. The number of amides is 1. The minimum atomic E-state index is 0.0564. The Kier molecular flexibility index (Phi) is 5.19. The molecule has 1 N–H and O–H groups in total. The molecule has 2 heterocycles. The Balaban J connectivity index is 1.80. The van der Waals surface area contributed by atoms with E-state index in [4.69, 9.17) is 0 Å². The van der Waals surface area contributed by atoms with Crippen LogP contribution in [0.5, 0.6) is 0 Å². The first-order valence-corrected chi connectivity index (χ1v) is 8.20. The molecule has 0 aliphatic heterocycles. The summed E-state index contributed by atoms with van der Waals surface area (Å²) in [7, 11) is 0. The molecule has 1 amide bonds. The average Bonchev–Trinajstić information content (AvgIpc) is 3.02. The maximum absolute atomic E-state index is 11.9. The van der Waals surface area contributed by atoms with Crippen molar-refractivity contribution in [2.45, 2.75) is 46.1 Å². The van der Waals surface area contributed by atoms with E-state index in [1.807, 2.05) is 12.4 Å². The maximum Gasteiger partial charge on any atom is 0.220 e. The van der Waals surface area contributed by atoms with Gasteiger partial charge in [-0.1, -0.05) is 18.3 Å². The Bertz CT molecular complexity index is 576. The number of carbonyl (C=O) groups excluding carboxylic acids is 1.